The van der Waals surface area contributed by atoms with Crippen LogP contribution < -0.4 is 9.47 Å². The maximum Gasteiger partial charge on any atom is 0.210 e. The molecule has 0 unspecified atom stereocenters. The lowest BCUT2D eigenvalue weighted by Crippen LogP contribution is -2.11. The van der Waals surface area contributed by atoms with Crippen molar-refractivity contribution in [1.29, 1.82) is 0 Å². The molecule has 2 rings (SSSR count). The van der Waals surface area contributed by atoms with Gasteiger partial charge in [-0.1, -0.05) is 12.1 Å². The lowest BCUT2D eigenvalue weighted by atomic mass is 10.1. The molecule has 0 bridgehead atoms. The van der Waals surface area contributed by atoms with Gasteiger partial charge in [-0.15, -0.1) is 17.9 Å². The largest absolute Gasteiger partial charge is 0.494 e. The first-order valence-electron chi connectivity index (χ1n) is 6.80. The number of ketones is 1. The van der Waals surface area contributed by atoms with Crippen molar-refractivity contribution in [2.45, 2.75) is 13.3 Å². The van der Waals surface area contributed by atoms with Gasteiger partial charge in [0.25, 0.3) is 0 Å². The van der Waals surface area contributed by atoms with Crippen molar-refractivity contribution in [1.82, 2.24) is 0 Å². The highest BCUT2D eigenvalue weighted by molar-refractivity contribution is 7.12. The summed E-state index contributed by atoms with van der Waals surface area (Å²) in [5.74, 6) is 1.48. The predicted octanol–water partition coefficient (Wildman–Crippen LogP) is 4.14. The lowest BCUT2D eigenvalue weighted by Gasteiger charge is -2.12. The van der Waals surface area contributed by atoms with Gasteiger partial charge < -0.3 is 9.47 Å². The molecule has 1 aromatic heterocycles. The van der Waals surface area contributed by atoms with Crippen molar-refractivity contribution >= 4 is 17.1 Å². The zero-order valence-electron chi connectivity index (χ0n) is 12.0. The van der Waals surface area contributed by atoms with Gasteiger partial charge in [0, 0.05) is 5.56 Å². The van der Waals surface area contributed by atoms with E-state index in [2.05, 4.69) is 6.58 Å². The zero-order chi connectivity index (χ0) is 15.1. The molecule has 0 atom stereocenters. The first kappa shape index (κ1) is 15.3. The highest BCUT2D eigenvalue weighted by Crippen LogP contribution is 2.25. The minimum atomic E-state index is -0.0107. The van der Waals surface area contributed by atoms with E-state index in [4.69, 9.17) is 9.47 Å². The minimum absolute atomic E-state index is 0.0107. The standard InChI is InChI=1S/C17H18O3S/c1-3-6-13-11-14(19-4-2)8-9-16(13)20-12-15(18)17-7-5-10-21-17/h3,5,7-11H,1,4,6,12H2,2H3. The van der Waals surface area contributed by atoms with Crippen molar-refractivity contribution in [3.8, 4) is 11.5 Å². The number of hydrogen-bond donors (Lipinski definition) is 0. The van der Waals surface area contributed by atoms with Crippen molar-refractivity contribution < 1.29 is 14.3 Å². The van der Waals surface area contributed by atoms with Gasteiger partial charge >= 0.3 is 0 Å². The number of carbonyl (C=O) groups excluding carboxylic acids is 1. The fourth-order valence-electron chi connectivity index (χ4n) is 1.92. The SMILES string of the molecule is C=CCc1cc(OCC)ccc1OCC(=O)c1cccs1. The average molecular weight is 302 g/mol. The van der Waals surface area contributed by atoms with Crippen LogP contribution in [0.3, 0.4) is 0 Å². The molecule has 2 aromatic rings. The fraction of sp³-hybridized carbons (Fsp3) is 0.235. The Morgan fingerprint density at radius 2 is 2.19 bits per heavy atom. The maximum atomic E-state index is 12.0. The molecule has 0 aliphatic rings. The number of Topliss-reactive ketones (excluding diaryl/α,β-unsaturated/α-hetero) is 1. The van der Waals surface area contributed by atoms with E-state index in [1.165, 1.54) is 11.3 Å². The highest BCUT2D eigenvalue weighted by atomic mass is 32.1. The van der Waals surface area contributed by atoms with E-state index >= 15 is 0 Å². The maximum absolute atomic E-state index is 12.0. The molecule has 0 fully saturated rings. The van der Waals surface area contributed by atoms with E-state index in [0.717, 1.165) is 11.3 Å². The number of thiophene rings is 1. The first-order valence-corrected chi connectivity index (χ1v) is 7.68. The normalized spacial score (nSPS) is 10.1. The second-order valence-corrected chi connectivity index (χ2v) is 5.33. The quantitative estimate of drug-likeness (QED) is 0.543. The van der Waals surface area contributed by atoms with Crippen LogP contribution in [-0.2, 0) is 6.42 Å². The number of benzene rings is 1. The minimum Gasteiger partial charge on any atom is -0.494 e. The number of rotatable bonds is 8. The van der Waals surface area contributed by atoms with Crippen LogP contribution in [-0.4, -0.2) is 19.0 Å². The summed E-state index contributed by atoms with van der Waals surface area (Å²) in [5.41, 5.74) is 0.968. The molecular formula is C17H18O3S. The third kappa shape index (κ3) is 4.20. The van der Waals surface area contributed by atoms with Gasteiger partial charge in [-0.3, -0.25) is 4.79 Å². The number of allylic oxidation sites excluding steroid dienone is 1. The summed E-state index contributed by atoms with van der Waals surface area (Å²) >= 11 is 1.42. The van der Waals surface area contributed by atoms with E-state index in [1.807, 2.05) is 36.6 Å². The van der Waals surface area contributed by atoms with Gasteiger partial charge in [0.05, 0.1) is 11.5 Å². The van der Waals surface area contributed by atoms with E-state index < -0.39 is 0 Å². The van der Waals surface area contributed by atoms with Gasteiger partial charge in [-0.25, -0.2) is 0 Å². The highest BCUT2D eigenvalue weighted by Gasteiger charge is 2.10. The van der Waals surface area contributed by atoms with E-state index in [9.17, 15) is 4.79 Å². The fourth-order valence-corrected chi connectivity index (χ4v) is 2.57. The monoisotopic (exact) mass is 302 g/mol. The molecule has 110 valence electrons. The van der Waals surface area contributed by atoms with Crippen LogP contribution in [0.15, 0.2) is 48.4 Å². The molecule has 3 nitrogen and oxygen atoms in total. The summed E-state index contributed by atoms with van der Waals surface area (Å²) in [4.78, 5) is 12.7. The molecule has 0 aliphatic heterocycles. The van der Waals surface area contributed by atoms with Gasteiger partial charge in [-0.2, -0.15) is 0 Å². The molecule has 0 saturated carbocycles. The lowest BCUT2D eigenvalue weighted by molar-refractivity contribution is 0.0925. The van der Waals surface area contributed by atoms with Crippen LogP contribution >= 0.6 is 11.3 Å². The van der Waals surface area contributed by atoms with Crippen molar-refractivity contribution in [2.75, 3.05) is 13.2 Å². The summed E-state index contributed by atoms with van der Waals surface area (Å²) in [6.07, 6.45) is 2.47. The smallest absolute Gasteiger partial charge is 0.210 e. The van der Waals surface area contributed by atoms with Gasteiger partial charge in [0.15, 0.2) is 6.61 Å². The van der Waals surface area contributed by atoms with E-state index in [0.29, 0.717) is 23.7 Å². The summed E-state index contributed by atoms with van der Waals surface area (Å²) in [5, 5.41) is 1.88. The Hall–Kier alpha value is -2.07. The van der Waals surface area contributed by atoms with Gasteiger partial charge in [-0.05, 0) is 43.0 Å². The summed E-state index contributed by atoms with van der Waals surface area (Å²) in [7, 11) is 0. The van der Waals surface area contributed by atoms with Crippen LogP contribution in [0.1, 0.15) is 22.2 Å². The van der Waals surface area contributed by atoms with Crippen LogP contribution in [0.5, 0.6) is 11.5 Å². The third-order valence-corrected chi connectivity index (χ3v) is 3.77. The first-order chi connectivity index (χ1) is 10.2. The van der Waals surface area contributed by atoms with Crippen LogP contribution in [0.2, 0.25) is 0 Å². The molecule has 21 heavy (non-hydrogen) atoms. The Morgan fingerprint density at radius 1 is 1.33 bits per heavy atom. The second kappa shape index (κ2) is 7.64. The Labute approximate surface area is 128 Å². The second-order valence-electron chi connectivity index (χ2n) is 4.38. The molecule has 0 radical (unpaired) electrons. The van der Waals surface area contributed by atoms with Crippen LogP contribution in [0.4, 0.5) is 0 Å². The predicted molar refractivity (Wildman–Crippen MR) is 85.7 cm³/mol. The molecule has 0 amide bonds. The third-order valence-electron chi connectivity index (χ3n) is 2.86. The van der Waals surface area contributed by atoms with Gasteiger partial charge in [0.1, 0.15) is 11.5 Å². The Morgan fingerprint density at radius 3 is 2.86 bits per heavy atom. The Kier molecular flexibility index (Phi) is 5.58. The number of hydrogen-bond acceptors (Lipinski definition) is 4. The number of carbonyl (C=O) groups is 1. The zero-order valence-corrected chi connectivity index (χ0v) is 12.8. The topological polar surface area (TPSA) is 35.5 Å². The van der Waals surface area contributed by atoms with Crippen LogP contribution in [0.25, 0.3) is 0 Å². The molecule has 0 aliphatic carbocycles. The molecule has 1 heterocycles. The van der Waals surface area contributed by atoms with Crippen molar-refractivity contribution in [3.63, 3.8) is 0 Å². The molecule has 1 aromatic carbocycles. The molecule has 0 spiro atoms. The van der Waals surface area contributed by atoms with E-state index in [1.54, 1.807) is 12.1 Å². The molecule has 0 saturated heterocycles. The molecular weight excluding hydrogens is 284 g/mol. The summed E-state index contributed by atoms with van der Waals surface area (Å²) in [6.45, 7) is 6.34. The summed E-state index contributed by atoms with van der Waals surface area (Å²) in [6, 6.07) is 9.28. The van der Waals surface area contributed by atoms with Crippen molar-refractivity contribution in [3.05, 3.63) is 58.8 Å². The Balaban J connectivity index is 2.07. The van der Waals surface area contributed by atoms with Crippen LogP contribution in [0, 0.1) is 0 Å². The molecule has 4 heteroatoms. The van der Waals surface area contributed by atoms with E-state index in [-0.39, 0.29) is 12.4 Å². The van der Waals surface area contributed by atoms with Crippen molar-refractivity contribution in [2.24, 2.45) is 0 Å². The Bertz CT molecular complexity index is 603. The summed E-state index contributed by atoms with van der Waals surface area (Å²) < 4.78 is 11.1. The van der Waals surface area contributed by atoms with Gasteiger partial charge in [0.2, 0.25) is 5.78 Å². The average Bonchev–Trinajstić information content (AvgIpc) is 3.01. The molecule has 0 N–H and O–H groups in total. The number of ether oxygens (including phenoxy) is 2.